The molecular weight excluding hydrogens is 154 g/mol. The van der Waals surface area contributed by atoms with Crippen LogP contribution < -0.4 is 16.5 Å². The van der Waals surface area contributed by atoms with Gasteiger partial charge in [-0.25, -0.2) is 4.98 Å². The van der Waals surface area contributed by atoms with Crippen LogP contribution >= 0.6 is 0 Å². The minimum atomic E-state index is 0.322. The van der Waals surface area contributed by atoms with E-state index in [0.29, 0.717) is 11.6 Å². The summed E-state index contributed by atoms with van der Waals surface area (Å²) in [6, 6.07) is 1.78. The molecule has 0 aliphatic rings. The van der Waals surface area contributed by atoms with Crippen LogP contribution in [0, 0.1) is 6.92 Å². The molecular formula is C8H15N3O. The van der Waals surface area contributed by atoms with E-state index in [1.54, 1.807) is 12.3 Å². The second-order valence-corrected chi connectivity index (χ2v) is 1.96. The van der Waals surface area contributed by atoms with Gasteiger partial charge in [0.25, 0.3) is 0 Å². The Bertz CT molecular complexity index is 217. The van der Waals surface area contributed by atoms with E-state index in [0.717, 1.165) is 5.56 Å². The van der Waals surface area contributed by atoms with Gasteiger partial charge in [0.05, 0.1) is 0 Å². The molecule has 0 fully saturated rings. The summed E-state index contributed by atoms with van der Waals surface area (Å²) in [4.78, 5) is 8.27. The summed E-state index contributed by atoms with van der Waals surface area (Å²) in [6.45, 7) is 5.85. The maximum atomic E-state index is 5.42. The molecule has 12 heavy (non-hydrogen) atoms. The lowest BCUT2D eigenvalue weighted by molar-refractivity contribution is 0.333. The fraction of sp³-hybridized carbons (Fsp3) is 0.375. The zero-order chi connectivity index (χ0) is 9.56. The molecule has 0 bridgehead atoms. The van der Waals surface area contributed by atoms with Crippen LogP contribution in [-0.2, 0) is 0 Å². The summed E-state index contributed by atoms with van der Waals surface area (Å²) in [6.07, 6.45) is 1.60. The van der Waals surface area contributed by atoms with Crippen molar-refractivity contribution in [3.05, 3.63) is 17.8 Å². The molecule has 4 nitrogen and oxygen atoms in total. The average molecular weight is 169 g/mol. The van der Waals surface area contributed by atoms with Gasteiger partial charge in [-0.3, -0.25) is 0 Å². The van der Waals surface area contributed by atoms with E-state index in [9.17, 15) is 0 Å². The third-order valence-electron chi connectivity index (χ3n) is 1.25. The third kappa shape index (κ3) is 2.39. The summed E-state index contributed by atoms with van der Waals surface area (Å²) in [7, 11) is 0. The Kier molecular flexibility index (Phi) is 4.79. The van der Waals surface area contributed by atoms with Crippen LogP contribution in [-0.4, -0.2) is 4.98 Å². The number of nitrogens with zero attached hydrogens (tertiary/aromatic N) is 1. The van der Waals surface area contributed by atoms with Crippen molar-refractivity contribution in [2.45, 2.75) is 20.8 Å². The van der Waals surface area contributed by atoms with Crippen molar-refractivity contribution in [2.75, 3.05) is 5.73 Å². The van der Waals surface area contributed by atoms with Crippen LogP contribution in [0.4, 0.5) is 5.82 Å². The second-order valence-electron chi connectivity index (χ2n) is 1.96. The van der Waals surface area contributed by atoms with Gasteiger partial charge in [-0.1, -0.05) is 13.8 Å². The van der Waals surface area contributed by atoms with Gasteiger partial charge in [-0.2, -0.15) is 5.90 Å². The highest BCUT2D eigenvalue weighted by molar-refractivity contribution is 5.49. The van der Waals surface area contributed by atoms with Gasteiger partial charge in [0.2, 0.25) is 0 Å². The molecule has 0 saturated carbocycles. The molecule has 0 amide bonds. The van der Waals surface area contributed by atoms with Gasteiger partial charge in [-0.15, -0.1) is 0 Å². The largest absolute Gasteiger partial charge is 0.407 e. The highest BCUT2D eigenvalue weighted by atomic mass is 16.6. The lowest BCUT2D eigenvalue weighted by Crippen LogP contribution is -2.07. The Balaban J connectivity index is 0.000000561. The maximum absolute atomic E-state index is 5.42. The minimum Gasteiger partial charge on any atom is -0.407 e. The second kappa shape index (κ2) is 5.37. The average Bonchev–Trinajstić information content (AvgIpc) is 2.08. The van der Waals surface area contributed by atoms with Crippen LogP contribution in [0.5, 0.6) is 5.75 Å². The third-order valence-corrected chi connectivity index (χ3v) is 1.25. The van der Waals surface area contributed by atoms with Crippen molar-refractivity contribution >= 4 is 5.82 Å². The number of aromatic nitrogens is 1. The molecule has 4 N–H and O–H groups in total. The van der Waals surface area contributed by atoms with Crippen LogP contribution in [0.3, 0.4) is 0 Å². The zero-order valence-corrected chi connectivity index (χ0v) is 7.66. The van der Waals surface area contributed by atoms with E-state index in [1.807, 2.05) is 20.8 Å². The molecule has 0 aliphatic carbocycles. The number of hydrogen-bond acceptors (Lipinski definition) is 4. The summed E-state index contributed by atoms with van der Waals surface area (Å²) >= 11 is 0. The number of nitrogen functional groups attached to an aromatic ring is 1. The summed E-state index contributed by atoms with van der Waals surface area (Å²) in [5.74, 6) is 5.70. The van der Waals surface area contributed by atoms with Gasteiger partial charge < -0.3 is 10.6 Å². The number of pyridine rings is 1. The van der Waals surface area contributed by atoms with Crippen molar-refractivity contribution < 1.29 is 4.84 Å². The first-order valence-corrected chi connectivity index (χ1v) is 3.83. The van der Waals surface area contributed by atoms with Crippen LogP contribution in [0.15, 0.2) is 12.3 Å². The molecule has 0 aromatic carbocycles. The Labute approximate surface area is 72.5 Å². The number of nitrogens with two attached hydrogens (primary N) is 2. The standard InChI is InChI=1S/C6H9N3O.C2H6/c1-4-2-3-9-6(7)5(4)10-8;1-2/h2-3H,8H2,1H3,(H2,7,9);1-2H3. The lowest BCUT2D eigenvalue weighted by atomic mass is 10.3. The van der Waals surface area contributed by atoms with Gasteiger partial charge in [0.15, 0.2) is 11.6 Å². The maximum Gasteiger partial charge on any atom is 0.191 e. The molecule has 0 atom stereocenters. The van der Waals surface area contributed by atoms with Gasteiger partial charge in [0, 0.05) is 6.20 Å². The summed E-state index contributed by atoms with van der Waals surface area (Å²) in [5, 5.41) is 0. The first-order valence-electron chi connectivity index (χ1n) is 3.83. The normalized spacial score (nSPS) is 8.33. The molecule has 68 valence electrons. The van der Waals surface area contributed by atoms with Crippen LogP contribution in [0.1, 0.15) is 19.4 Å². The molecule has 0 unspecified atom stereocenters. The highest BCUT2D eigenvalue weighted by Gasteiger charge is 2.02. The summed E-state index contributed by atoms with van der Waals surface area (Å²) in [5.41, 5.74) is 6.30. The molecule has 1 aromatic heterocycles. The lowest BCUT2D eigenvalue weighted by Gasteiger charge is -2.03. The van der Waals surface area contributed by atoms with E-state index in [2.05, 4.69) is 9.82 Å². The smallest absolute Gasteiger partial charge is 0.191 e. The zero-order valence-electron chi connectivity index (χ0n) is 7.66. The molecule has 1 aromatic rings. The first kappa shape index (κ1) is 10.7. The fourth-order valence-corrected chi connectivity index (χ4v) is 0.719. The summed E-state index contributed by atoms with van der Waals surface area (Å²) < 4.78 is 0. The Morgan fingerprint density at radius 2 is 2.00 bits per heavy atom. The van der Waals surface area contributed by atoms with Crippen molar-refractivity contribution in [1.29, 1.82) is 0 Å². The fourth-order valence-electron chi connectivity index (χ4n) is 0.719. The van der Waals surface area contributed by atoms with Crippen LogP contribution in [0.25, 0.3) is 0 Å². The minimum absolute atomic E-state index is 0.322. The molecule has 0 aliphatic heterocycles. The van der Waals surface area contributed by atoms with Crippen molar-refractivity contribution in [2.24, 2.45) is 5.90 Å². The Hall–Kier alpha value is -1.29. The molecule has 0 saturated heterocycles. The highest BCUT2D eigenvalue weighted by Crippen LogP contribution is 2.20. The number of hydrogen-bond donors (Lipinski definition) is 2. The van der Waals surface area contributed by atoms with E-state index >= 15 is 0 Å². The predicted octanol–water partition coefficient (Wildman–Crippen LogP) is 1.25. The first-order chi connectivity index (χ1) is 5.75. The molecule has 1 rings (SSSR count). The van der Waals surface area contributed by atoms with Gasteiger partial charge in [0.1, 0.15) is 0 Å². The van der Waals surface area contributed by atoms with Crippen LogP contribution in [0.2, 0.25) is 0 Å². The van der Waals surface area contributed by atoms with Crippen molar-refractivity contribution in [3.63, 3.8) is 0 Å². The predicted molar refractivity (Wildman–Crippen MR) is 49.5 cm³/mol. The molecule has 1 heterocycles. The Morgan fingerprint density at radius 1 is 1.42 bits per heavy atom. The number of anilines is 1. The number of aryl methyl sites for hydroxylation is 1. The molecule has 0 radical (unpaired) electrons. The topological polar surface area (TPSA) is 74.2 Å². The molecule has 4 heteroatoms. The van der Waals surface area contributed by atoms with Crippen molar-refractivity contribution in [3.8, 4) is 5.75 Å². The SMILES string of the molecule is CC.Cc1ccnc(N)c1ON. The van der Waals surface area contributed by atoms with Gasteiger partial charge in [-0.05, 0) is 18.6 Å². The number of rotatable bonds is 1. The van der Waals surface area contributed by atoms with E-state index in [-0.39, 0.29) is 0 Å². The van der Waals surface area contributed by atoms with Gasteiger partial charge >= 0.3 is 0 Å². The molecule has 0 spiro atoms. The van der Waals surface area contributed by atoms with E-state index in [4.69, 9.17) is 11.6 Å². The Morgan fingerprint density at radius 3 is 2.33 bits per heavy atom. The van der Waals surface area contributed by atoms with E-state index < -0.39 is 0 Å². The quantitative estimate of drug-likeness (QED) is 0.620. The van der Waals surface area contributed by atoms with Crippen molar-refractivity contribution in [1.82, 2.24) is 4.98 Å². The van der Waals surface area contributed by atoms with E-state index in [1.165, 1.54) is 0 Å². The monoisotopic (exact) mass is 169 g/mol.